The maximum atomic E-state index is 6.04. The van der Waals surface area contributed by atoms with Crippen LogP contribution in [0.3, 0.4) is 0 Å². The zero-order valence-electron chi connectivity index (χ0n) is 6.85. The maximum Gasteiger partial charge on any atom is 0.0561 e. The van der Waals surface area contributed by atoms with Crippen LogP contribution in [0, 0.1) is 0 Å². The molecule has 2 heterocycles. The van der Waals surface area contributed by atoms with E-state index in [2.05, 4.69) is 10.7 Å². The van der Waals surface area contributed by atoms with Gasteiger partial charge in [-0.05, 0) is 30.8 Å². The molecule has 0 spiro atoms. The summed E-state index contributed by atoms with van der Waals surface area (Å²) in [5.74, 6) is 0. The summed E-state index contributed by atoms with van der Waals surface area (Å²) in [6.45, 7) is 1.14. The smallest absolute Gasteiger partial charge is 0.0561 e. The van der Waals surface area contributed by atoms with E-state index in [1.807, 2.05) is 6.07 Å². The van der Waals surface area contributed by atoms with Gasteiger partial charge in [0, 0.05) is 10.9 Å². The third-order valence-corrected chi connectivity index (χ3v) is 3.74. The van der Waals surface area contributed by atoms with E-state index < -0.39 is 0 Å². The Morgan fingerprint density at radius 2 is 2.42 bits per heavy atom. The third kappa shape index (κ3) is 1.65. The second kappa shape index (κ2) is 3.77. The van der Waals surface area contributed by atoms with Crippen molar-refractivity contribution in [3.63, 3.8) is 0 Å². The van der Waals surface area contributed by atoms with Crippen molar-refractivity contribution >= 4 is 22.9 Å². The van der Waals surface area contributed by atoms with Gasteiger partial charge in [0.15, 0.2) is 0 Å². The Kier molecular flexibility index (Phi) is 2.69. The summed E-state index contributed by atoms with van der Waals surface area (Å²) < 4.78 is 0. The van der Waals surface area contributed by atoms with Crippen LogP contribution < -0.4 is 5.32 Å². The molecule has 1 atom stereocenters. The van der Waals surface area contributed by atoms with E-state index in [1.165, 1.54) is 24.1 Å². The van der Waals surface area contributed by atoms with Gasteiger partial charge in [0.05, 0.1) is 5.02 Å². The van der Waals surface area contributed by atoms with E-state index in [9.17, 15) is 0 Å². The largest absolute Gasteiger partial charge is 0.309 e. The lowest BCUT2D eigenvalue weighted by atomic mass is 10.0. The zero-order valence-corrected chi connectivity index (χ0v) is 8.42. The highest BCUT2D eigenvalue weighted by Gasteiger charge is 2.17. The van der Waals surface area contributed by atoms with Crippen LogP contribution in [0.1, 0.15) is 30.2 Å². The summed E-state index contributed by atoms with van der Waals surface area (Å²) in [4.78, 5) is 1.32. The Bertz CT molecular complexity index is 253. The number of hydrogen-bond acceptors (Lipinski definition) is 2. The van der Waals surface area contributed by atoms with Gasteiger partial charge in [-0.25, -0.2) is 0 Å². The van der Waals surface area contributed by atoms with Crippen molar-refractivity contribution in [2.24, 2.45) is 0 Å². The fourth-order valence-electron chi connectivity index (χ4n) is 1.63. The molecule has 1 fully saturated rings. The molecule has 1 saturated heterocycles. The fraction of sp³-hybridized carbons (Fsp3) is 0.556. The van der Waals surface area contributed by atoms with Gasteiger partial charge in [-0.15, -0.1) is 11.3 Å². The molecule has 0 aromatic carbocycles. The average molecular weight is 202 g/mol. The molecule has 0 bridgehead atoms. The monoisotopic (exact) mass is 201 g/mol. The second-order valence-corrected chi connectivity index (χ2v) is 4.49. The molecular formula is C9H12ClNS. The molecule has 1 aromatic rings. The minimum absolute atomic E-state index is 0.520. The van der Waals surface area contributed by atoms with Gasteiger partial charge in [0.25, 0.3) is 0 Å². The van der Waals surface area contributed by atoms with Crippen LogP contribution in [0.2, 0.25) is 5.02 Å². The highest BCUT2D eigenvalue weighted by Crippen LogP contribution is 2.32. The van der Waals surface area contributed by atoms with Crippen LogP contribution in [-0.2, 0) is 0 Å². The van der Waals surface area contributed by atoms with Gasteiger partial charge >= 0.3 is 0 Å². The van der Waals surface area contributed by atoms with Crippen molar-refractivity contribution in [2.75, 3.05) is 6.54 Å². The first-order valence-electron chi connectivity index (χ1n) is 4.34. The van der Waals surface area contributed by atoms with E-state index in [-0.39, 0.29) is 0 Å². The lowest BCUT2D eigenvalue weighted by Crippen LogP contribution is -2.26. The molecule has 1 aromatic heterocycles. The van der Waals surface area contributed by atoms with Gasteiger partial charge in [-0.1, -0.05) is 18.0 Å². The van der Waals surface area contributed by atoms with Crippen LogP contribution >= 0.6 is 22.9 Å². The van der Waals surface area contributed by atoms with Crippen molar-refractivity contribution < 1.29 is 0 Å². The van der Waals surface area contributed by atoms with Gasteiger partial charge in [-0.2, -0.15) is 0 Å². The summed E-state index contributed by atoms with van der Waals surface area (Å²) in [5.41, 5.74) is 0. The minimum Gasteiger partial charge on any atom is -0.309 e. The molecule has 0 unspecified atom stereocenters. The Morgan fingerprint density at radius 1 is 1.50 bits per heavy atom. The highest BCUT2D eigenvalue weighted by atomic mass is 35.5. The number of piperidine rings is 1. The predicted octanol–water partition coefficient (Wildman–Crippen LogP) is 3.22. The van der Waals surface area contributed by atoms with E-state index in [4.69, 9.17) is 11.6 Å². The molecule has 0 saturated carbocycles. The van der Waals surface area contributed by atoms with Crippen LogP contribution in [0.25, 0.3) is 0 Å². The van der Waals surface area contributed by atoms with Crippen LogP contribution in [0.5, 0.6) is 0 Å². The maximum absolute atomic E-state index is 6.04. The number of rotatable bonds is 1. The summed E-state index contributed by atoms with van der Waals surface area (Å²) in [7, 11) is 0. The number of nitrogens with one attached hydrogen (secondary N) is 1. The molecule has 1 aliphatic rings. The predicted molar refractivity (Wildman–Crippen MR) is 53.9 cm³/mol. The molecular weight excluding hydrogens is 190 g/mol. The van der Waals surface area contributed by atoms with Crippen molar-refractivity contribution in [3.05, 3.63) is 21.3 Å². The van der Waals surface area contributed by atoms with Crippen molar-refractivity contribution in [2.45, 2.75) is 25.3 Å². The molecule has 1 N–H and O–H groups in total. The molecule has 0 amide bonds. The molecule has 2 rings (SSSR count). The van der Waals surface area contributed by atoms with Gasteiger partial charge < -0.3 is 5.32 Å². The van der Waals surface area contributed by atoms with Crippen molar-refractivity contribution in [1.82, 2.24) is 5.32 Å². The highest BCUT2D eigenvalue weighted by molar-refractivity contribution is 7.10. The normalized spacial score (nSPS) is 24.2. The first-order chi connectivity index (χ1) is 5.88. The Hall–Kier alpha value is -0.0500. The number of halogens is 1. The molecule has 1 aliphatic heterocycles. The molecule has 0 aliphatic carbocycles. The second-order valence-electron chi connectivity index (χ2n) is 3.14. The van der Waals surface area contributed by atoms with E-state index in [0.29, 0.717) is 6.04 Å². The molecule has 0 radical (unpaired) electrons. The minimum atomic E-state index is 0.520. The van der Waals surface area contributed by atoms with E-state index >= 15 is 0 Å². The zero-order chi connectivity index (χ0) is 8.39. The summed E-state index contributed by atoms with van der Waals surface area (Å²) in [6.07, 6.45) is 3.87. The summed E-state index contributed by atoms with van der Waals surface area (Å²) in [5, 5.41) is 6.48. The van der Waals surface area contributed by atoms with Crippen LogP contribution in [0.15, 0.2) is 11.4 Å². The first kappa shape index (κ1) is 8.54. The molecule has 12 heavy (non-hydrogen) atoms. The lowest BCUT2D eigenvalue weighted by Gasteiger charge is -2.22. The van der Waals surface area contributed by atoms with Crippen molar-refractivity contribution in [3.8, 4) is 0 Å². The van der Waals surface area contributed by atoms with E-state index in [0.717, 1.165) is 11.6 Å². The molecule has 1 nitrogen and oxygen atoms in total. The number of thiophene rings is 1. The Labute approximate surface area is 81.7 Å². The Balaban J connectivity index is 2.13. The summed E-state index contributed by atoms with van der Waals surface area (Å²) in [6, 6.07) is 2.50. The fourth-order valence-corrected chi connectivity index (χ4v) is 2.93. The first-order valence-corrected chi connectivity index (χ1v) is 5.60. The van der Waals surface area contributed by atoms with Gasteiger partial charge in [0.1, 0.15) is 0 Å². The molecule has 66 valence electrons. The van der Waals surface area contributed by atoms with Crippen molar-refractivity contribution in [1.29, 1.82) is 0 Å². The lowest BCUT2D eigenvalue weighted by molar-refractivity contribution is 0.417. The van der Waals surface area contributed by atoms with E-state index in [1.54, 1.807) is 11.3 Å². The topological polar surface area (TPSA) is 12.0 Å². The average Bonchev–Trinajstić information content (AvgIpc) is 2.53. The van der Waals surface area contributed by atoms with Crippen LogP contribution in [0.4, 0.5) is 0 Å². The Morgan fingerprint density at radius 3 is 3.00 bits per heavy atom. The molecule has 3 heteroatoms. The SMILES string of the molecule is Clc1ccsc1[C@@H]1CCCCN1. The standard InChI is InChI=1S/C9H12ClNS/c10-7-4-6-12-9(7)8-3-1-2-5-11-8/h4,6,8,11H,1-3,5H2/t8-/m0/s1. The van der Waals surface area contributed by atoms with Crippen LogP contribution in [-0.4, -0.2) is 6.54 Å². The van der Waals surface area contributed by atoms with Gasteiger partial charge in [-0.3, -0.25) is 0 Å². The third-order valence-electron chi connectivity index (χ3n) is 2.27. The summed E-state index contributed by atoms with van der Waals surface area (Å²) >= 11 is 7.81. The quantitative estimate of drug-likeness (QED) is 0.736. The number of hydrogen-bond donors (Lipinski definition) is 1. The van der Waals surface area contributed by atoms with Gasteiger partial charge in [0.2, 0.25) is 0 Å².